The highest BCUT2D eigenvalue weighted by Crippen LogP contribution is 2.41. The Labute approximate surface area is 186 Å². The summed E-state index contributed by atoms with van der Waals surface area (Å²) in [5.41, 5.74) is 5.10. The zero-order valence-electron chi connectivity index (χ0n) is 18.9. The van der Waals surface area contributed by atoms with Gasteiger partial charge in [-0.2, -0.15) is 0 Å². The summed E-state index contributed by atoms with van der Waals surface area (Å²) >= 11 is 0. The molecule has 0 N–H and O–H groups in total. The van der Waals surface area contributed by atoms with E-state index in [0.29, 0.717) is 11.5 Å². The fourth-order valence-corrected chi connectivity index (χ4v) is 5.90. The van der Waals surface area contributed by atoms with Crippen LogP contribution in [0.4, 0.5) is 8.78 Å². The van der Waals surface area contributed by atoms with Crippen LogP contribution in [0, 0.1) is 17.6 Å². The molecular formula is C29H36F2. The first kappa shape index (κ1) is 22.2. The third-order valence-corrected chi connectivity index (χ3v) is 7.66. The number of allylic oxidation sites excluding steroid dienone is 1. The van der Waals surface area contributed by atoms with Gasteiger partial charge < -0.3 is 0 Å². The van der Waals surface area contributed by atoms with Gasteiger partial charge in [-0.25, -0.2) is 8.78 Å². The molecule has 0 spiro atoms. The van der Waals surface area contributed by atoms with Crippen LogP contribution in [-0.4, -0.2) is 0 Å². The minimum absolute atomic E-state index is 0.0686. The van der Waals surface area contributed by atoms with Crippen molar-refractivity contribution in [2.24, 2.45) is 5.92 Å². The van der Waals surface area contributed by atoms with Gasteiger partial charge in [0.05, 0.1) is 0 Å². The van der Waals surface area contributed by atoms with E-state index in [1.165, 1.54) is 42.4 Å². The van der Waals surface area contributed by atoms with Crippen LogP contribution in [-0.2, 0) is 19.3 Å². The van der Waals surface area contributed by atoms with Crippen LogP contribution < -0.4 is 0 Å². The molecule has 0 nitrogen and oxygen atoms in total. The first-order valence-corrected chi connectivity index (χ1v) is 12.3. The minimum atomic E-state index is -0.332. The van der Waals surface area contributed by atoms with E-state index in [9.17, 15) is 0 Å². The smallest absolute Gasteiger partial charge is 0.129 e. The van der Waals surface area contributed by atoms with Gasteiger partial charge in [0.15, 0.2) is 0 Å². The third kappa shape index (κ3) is 5.10. The summed E-state index contributed by atoms with van der Waals surface area (Å²) in [6.45, 7) is 6.04. The van der Waals surface area contributed by atoms with E-state index in [1.54, 1.807) is 12.1 Å². The van der Waals surface area contributed by atoms with Gasteiger partial charge in [-0.3, -0.25) is 0 Å². The van der Waals surface area contributed by atoms with Crippen molar-refractivity contribution >= 4 is 0 Å². The number of hydrogen-bond acceptors (Lipinski definition) is 0. The molecule has 2 heteroatoms. The molecule has 31 heavy (non-hydrogen) atoms. The van der Waals surface area contributed by atoms with E-state index < -0.39 is 0 Å². The first-order valence-electron chi connectivity index (χ1n) is 12.3. The highest BCUT2D eigenvalue weighted by atomic mass is 19.1. The lowest BCUT2D eigenvalue weighted by Gasteiger charge is -2.30. The quantitative estimate of drug-likeness (QED) is 0.393. The Hall–Kier alpha value is -1.96. The maximum absolute atomic E-state index is 15.2. The Kier molecular flexibility index (Phi) is 7.25. The number of fused-ring (bicyclic) bond motifs is 1. The molecule has 2 aliphatic carbocycles. The topological polar surface area (TPSA) is 0 Å². The van der Waals surface area contributed by atoms with E-state index in [0.717, 1.165) is 56.4 Å². The standard InChI is InChI=1S/C29H36F2/c1-3-5-7-21-10-13-24-17-25(15-14-23(24)16-21)29-27(30)18-26(19-28(29)31)22-11-8-20(6-4-2)9-12-22/h3,10,13,16,18-20,22,25H,1,4-9,11-12,14-15,17H2,2H3. The van der Waals surface area contributed by atoms with Gasteiger partial charge in [0.1, 0.15) is 11.6 Å². The van der Waals surface area contributed by atoms with Gasteiger partial charge in [0.2, 0.25) is 0 Å². The molecule has 0 bridgehead atoms. The Balaban J connectivity index is 1.47. The summed E-state index contributed by atoms with van der Waals surface area (Å²) in [4.78, 5) is 0. The average molecular weight is 423 g/mol. The fourth-order valence-electron chi connectivity index (χ4n) is 5.90. The second kappa shape index (κ2) is 10.1. The van der Waals surface area contributed by atoms with Crippen molar-refractivity contribution in [1.29, 1.82) is 0 Å². The molecule has 0 saturated heterocycles. The van der Waals surface area contributed by atoms with Crippen molar-refractivity contribution in [1.82, 2.24) is 0 Å². The molecular weight excluding hydrogens is 386 g/mol. The molecule has 4 rings (SSSR count). The van der Waals surface area contributed by atoms with Gasteiger partial charge >= 0.3 is 0 Å². The molecule has 1 fully saturated rings. The van der Waals surface area contributed by atoms with Crippen molar-refractivity contribution in [3.05, 3.63) is 82.4 Å². The summed E-state index contributed by atoms with van der Waals surface area (Å²) in [7, 11) is 0. The third-order valence-electron chi connectivity index (χ3n) is 7.66. The fraction of sp³-hybridized carbons (Fsp3) is 0.517. The van der Waals surface area contributed by atoms with Gasteiger partial charge in [-0.05, 0) is 110 Å². The molecule has 0 radical (unpaired) electrons. The molecule has 0 amide bonds. The van der Waals surface area contributed by atoms with E-state index in [2.05, 4.69) is 31.7 Å². The summed E-state index contributed by atoms with van der Waals surface area (Å²) in [5, 5.41) is 0. The molecule has 2 aromatic rings. The van der Waals surface area contributed by atoms with Crippen LogP contribution in [0.1, 0.15) is 97.9 Å². The maximum Gasteiger partial charge on any atom is 0.129 e. The molecule has 166 valence electrons. The lowest BCUT2D eigenvalue weighted by atomic mass is 9.76. The SMILES string of the molecule is C=CCCc1ccc2c(c1)CCC(c1c(F)cc(C3CCC(CCC)CC3)cc1F)C2. The van der Waals surface area contributed by atoms with Crippen molar-refractivity contribution in [3.8, 4) is 0 Å². The van der Waals surface area contributed by atoms with Gasteiger partial charge in [0.25, 0.3) is 0 Å². The van der Waals surface area contributed by atoms with Crippen LogP contribution in [0.3, 0.4) is 0 Å². The second-order valence-electron chi connectivity index (χ2n) is 9.77. The molecule has 0 aromatic heterocycles. The van der Waals surface area contributed by atoms with Crippen molar-refractivity contribution in [2.45, 2.75) is 89.4 Å². The largest absolute Gasteiger partial charge is 0.207 e. The summed E-state index contributed by atoms with van der Waals surface area (Å²) < 4.78 is 30.4. The van der Waals surface area contributed by atoms with E-state index in [4.69, 9.17) is 0 Å². The number of benzene rings is 2. The first-order chi connectivity index (χ1) is 15.1. The summed E-state index contributed by atoms with van der Waals surface area (Å²) in [5.74, 6) is 0.381. The average Bonchev–Trinajstić information content (AvgIpc) is 2.78. The van der Waals surface area contributed by atoms with Crippen LogP contribution in [0.2, 0.25) is 0 Å². The van der Waals surface area contributed by atoms with E-state index in [-0.39, 0.29) is 17.6 Å². The van der Waals surface area contributed by atoms with Crippen molar-refractivity contribution in [3.63, 3.8) is 0 Å². The lowest BCUT2D eigenvalue weighted by Crippen LogP contribution is -2.17. The van der Waals surface area contributed by atoms with Gasteiger partial charge in [-0.15, -0.1) is 6.58 Å². The molecule has 2 aliphatic rings. The van der Waals surface area contributed by atoms with Crippen LogP contribution >= 0.6 is 0 Å². The highest BCUT2D eigenvalue weighted by Gasteiger charge is 2.28. The number of aryl methyl sites for hydroxylation is 2. The maximum atomic E-state index is 15.2. The second-order valence-corrected chi connectivity index (χ2v) is 9.77. The molecule has 0 heterocycles. The molecule has 2 aromatic carbocycles. The number of hydrogen-bond donors (Lipinski definition) is 0. The van der Waals surface area contributed by atoms with Crippen LogP contribution in [0.5, 0.6) is 0 Å². The normalized spacial score (nSPS) is 23.4. The summed E-state index contributed by atoms with van der Waals surface area (Å²) in [6, 6.07) is 9.91. The van der Waals surface area contributed by atoms with Crippen molar-refractivity contribution < 1.29 is 8.78 Å². The number of rotatable bonds is 7. The Morgan fingerprint density at radius 2 is 1.68 bits per heavy atom. The predicted octanol–water partition coefficient (Wildman–Crippen LogP) is 8.43. The zero-order valence-corrected chi connectivity index (χ0v) is 18.9. The highest BCUT2D eigenvalue weighted by molar-refractivity contribution is 5.39. The number of halogens is 2. The van der Waals surface area contributed by atoms with Gasteiger partial charge in [-0.1, -0.05) is 44.0 Å². The minimum Gasteiger partial charge on any atom is -0.207 e. The van der Waals surface area contributed by atoms with E-state index in [1.807, 2.05) is 6.08 Å². The van der Waals surface area contributed by atoms with E-state index >= 15 is 8.78 Å². The molecule has 1 unspecified atom stereocenters. The Morgan fingerprint density at radius 1 is 0.935 bits per heavy atom. The zero-order chi connectivity index (χ0) is 21.8. The Morgan fingerprint density at radius 3 is 2.35 bits per heavy atom. The van der Waals surface area contributed by atoms with Crippen LogP contribution in [0.25, 0.3) is 0 Å². The Bertz CT molecular complexity index is 882. The summed E-state index contributed by atoms with van der Waals surface area (Å²) in [6.07, 6.45) is 13.4. The predicted molar refractivity (Wildman–Crippen MR) is 126 cm³/mol. The molecule has 1 saturated carbocycles. The lowest BCUT2D eigenvalue weighted by molar-refractivity contribution is 0.307. The monoisotopic (exact) mass is 422 g/mol. The molecule has 1 atom stereocenters. The molecule has 0 aliphatic heterocycles. The van der Waals surface area contributed by atoms with Crippen LogP contribution in [0.15, 0.2) is 43.0 Å². The van der Waals surface area contributed by atoms with Crippen molar-refractivity contribution in [2.75, 3.05) is 0 Å². The van der Waals surface area contributed by atoms with Gasteiger partial charge in [0, 0.05) is 5.56 Å².